The summed E-state index contributed by atoms with van der Waals surface area (Å²) in [5.74, 6) is -1.35. The molecule has 1 aliphatic heterocycles. The smallest absolute Gasteiger partial charge is 0.462 e. The third-order valence-electron chi connectivity index (χ3n) is 10.9. The Hall–Kier alpha value is -4.39. The number of anilines is 1. The summed E-state index contributed by atoms with van der Waals surface area (Å²) in [6.07, 6.45) is 38.1. The van der Waals surface area contributed by atoms with Gasteiger partial charge in [0.2, 0.25) is 0 Å². The number of ether oxygens (including phenoxy) is 3. The minimum atomic E-state index is -5.46. The number of carbonyl (C=O) groups excluding carboxylic acids is 3. The van der Waals surface area contributed by atoms with Crippen LogP contribution in [0.5, 0.6) is 0 Å². The summed E-state index contributed by atoms with van der Waals surface area (Å²) in [7, 11) is -10.9. The summed E-state index contributed by atoms with van der Waals surface area (Å²) >= 11 is 0. The second kappa shape index (κ2) is 39.1. The van der Waals surface area contributed by atoms with E-state index in [9.17, 15) is 48.3 Å². The highest BCUT2D eigenvalue weighted by molar-refractivity contribution is 7.61. The first-order valence-electron chi connectivity index (χ1n) is 25.6. The molecule has 0 saturated carbocycles. The highest BCUT2D eigenvalue weighted by atomic mass is 31.3. The van der Waals surface area contributed by atoms with Crippen LogP contribution in [0, 0.1) is 0 Å². The maximum absolute atomic E-state index is 12.8. The molecule has 0 aromatic carbocycles. The Morgan fingerprint density at radius 2 is 1.25 bits per heavy atom. The van der Waals surface area contributed by atoms with Gasteiger partial charge in [0.15, 0.2) is 18.1 Å². The fraction of sp³-hybridized carbons (Fsp3) is 0.596. The first kappa shape index (κ1) is 64.7. The molecule has 0 aliphatic carbocycles. The molecular formula is C52H81N3O16P2. The molecule has 1 saturated heterocycles. The van der Waals surface area contributed by atoms with Gasteiger partial charge in [-0.2, -0.15) is 9.29 Å². The van der Waals surface area contributed by atoms with Crippen LogP contribution in [-0.4, -0.2) is 91.5 Å². The zero-order chi connectivity index (χ0) is 53.6. The van der Waals surface area contributed by atoms with Gasteiger partial charge in [0.25, 0.3) is 0 Å². The van der Waals surface area contributed by atoms with Crippen molar-refractivity contribution in [1.82, 2.24) is 9.55 Å². The molecule has 21 heteroatoms. The Morgan fingerprint density at radius 1 is 0.699 bits per heavy atom. The number of aromatic nitrogens is 2. The monoisotopic (exact) mass is 1070 g/mol. The summed E-state index contributed by atoms with van der Waals surface area (Å²) in [6.45, 7) is 1.87. The lowest BCUT2D eigenvalue weighted by Gasteiger charge is -2.21. The van der Waals surface area contributed by atoms with Crippen LogP contribution < -0.4 is 11.4 Å². The van der Waals surface area contributed by atoms with E-state index < -0.39 is 83.7 Å². The first-order chi connectivity index (χ1) is 35.1. The second-order valence-electron chi connectivity index (χ2n) is 17.3. The minimum absolute atomic E-state index is 0.0273. The van der Waals surface area contributed by atoms with Gasteiger partial charge in [-0.3, -0.25) is 28.0 Å². The van der Waals surface area contributed by atoms with E-state index in [0.717, 1.165) is 49.3 Å². The van der Waals surface area contributed by atoms with Crippen LogP contribution in [0.2, 0.25) is 0 Å². The maximum Gasteiger partial charge on any atom is 0.481 e. The molecule has 1 fully saturated rings. The van der Waals surface area contributed by atoms with Gasteiger partial charge in [0.1, 0.15) is 30.7 Å². The van der Waals surface area contributed by atoms with Crippen molar-refractivity contribution in [2.75, 3.05) is 25.6 Å². The molecule has 1 aliphatic rings. The number of aliphatic hydroxyl groups excluding tert-OH is 2. The van der Waals surface area contributed by atoms with Crippen molar-refractivity contribution in [3.8, 4) is 0 Å². The summed E-state index contributed by atoms with van der Waals surface area (Å²) in [4.78, 5) is 73.6. The molecule has 2 heterocycles. The molecule has 0 amide bonds. The Bertz CT molecular complexity index is 2120. The first-order valence-corrected chi connectivity index (χ1v) is 28.5. The van der Waals surface area contributed by atoms with Crippen LogP contribution in [-0.2, 0) is 51.1 Å². The summed E-state index contributed by atoms with van der Waals surface area (Å²) in [5.41, 5.74) is 4.57. The van der Waals surface area contributed by atoms with Gasteiger partial charge in [-0.25, -0.2) is 13.9 Å². The van der Waals surface area contributed by atoms with Crippen molar-refractivity contribution in [1.29, 1.82) is 0 Å². The van der Waals surface area contributed by atoms with E-state index in [4.69, 9.17) is 29.0 Å². The van der Waals surface area contributed by atoms with Gasteiger partial charge in [-0.1, -0.05) is 138 Å². The van der Waals surface area contributed by atoms with Gasteiger partial charge in [-0.15, -0.1) is 0 Å². The number of rotatable bonds is 41. The zero-order valence-electron chi connectivity index (χ0n) is 42.6. The fourth-order valence-corrected chi connectivity index (χ4v) is 9.03. The predicted octanol–water partition coefficient (Wildman–Crippen LogP) is 9.84. The predicted molar refractivity (Wildman–Crippen MR) is 280 cm³/mol. The van der Waals surface area contributed by atoms with Crippen LogP contribution in [0.1, 0.15) is 155 Å². The Morgan fingerprint density at radius 3 is 1.88 bits per heavy atom. The number of phosphoric acid groups is 2. The topological polar surface area (TPSA) is 283 Å². The Labute approximate surface area is 431 Å². The highest BCUT2D eigenvalue weighted by Crippen LogP contribution is 2.60. The van der Waals surface area contributed by atoms with Gasteiger partial charge < -0.3 is 39.9 Å². The Kier molecular flexibility index (Phi) is 34.7. The van der Waals surface area contributed by atoms with E-state index in [1.54, 1.807) is 12.2 Å². The van der Waals surface area contributed by atoms with Crippen LogP contribution in [0.15, 0.2) is 102 Å². The molecule has 1 aromatic rings. The number of unbranched alkanes of at least 4 members (excludes halogenated alkanes) is 10. The SMILES string of the molecule is CCCCCCCC/C=C\C/C=C\C/C=C\CCCC(=O)OC[C@H](COP(=O)(O)OP(=O)(O)OC[C@H]1O[C@@H](n2ccc(N)nc2=O)[C@H](O)[C@@H]1O)OC(=O)CCC/C=C\C/C=C\C/C=C\C=C\C(=O)CCCCC. The average molecular weight is 1070 g/mol. The molecule has 1 aromatic heterocycles. The van der Waals surface area contributed by atoms with E-state index in [-0.39, 0.29) is 24.4 Å². The molecule has 0 radical (unpaired) electrons. The average Bonchev–Trinajstić information content (AvgIpc) is 3.62. The van der Waals surface area contributed by atoms with E-state index in [2.05, 4.69) is 47.4 Å². The number of phosphoric ester groups is 2. The summed E-state index contributed by atoms with van der Waals surface area (Å²) < 4.78 is 56.6. The maximum atomic E-state index is 12.8. The van der Waals surface area contributed by atoms with Crippen LogP contribution in [0.4, 0.5) is 5.82 Å². The van der Waals surface area contributed by atoms with E-state index in [1.165, 1.54) is 44.6 Å². The number of aliphatic hydroxyl groups is 2. The van der Waals surface area contributed by atoms with E-state index in [0.29, 0.717) is 44.9 Å². The molecule has 2 unspecified atom stereocenters. The van der Waals surface area contributed by atoms with Gasteiger partial charge in [0, 0.05) is 25.5 Å². The van der Waals surface area contributed by atoms with E-state index in [1.807, 2.05) is 48.6 Å². The fourth-order valence-electron chi connectivity index (χ4n) is 6.92. The third-order valence-corrected chi connectivity index (χ3v) is 13.5. The van der Waals surface area contributed by atoms with Crippen LogP contribution >= 0.6 is 15.6 Å². The van der Waals surface area contributed by atoms with E-state index >= 15 is 0 Å². The lowest BCUT2D eigenvalue weighted by atomic mass is 10.1. The number of ketones is 1. The number of hydrogen-bond donors (Lipinski definition) is 5. The van der Waals surface area contributed by atoms with Crippen LogP contribution in [0.25, 0.3) is 0 Å². The standard InChI is InChI=1S/C52H81N3O16P2/c1-3-5-7-8-9-10-11-12-13-14-15-16-19-22-25-28-32-36-47(57)66-40-44(69-48(58)37-33-29-26-23-20-17-18-21-24-27-31-35-43(56)34-30-6-4-2)41-67-72(62,63)71-73(64,65)68-42-45-49(59)50(60)51(70-45)55-39-38-46(53)54-52(55)61/h12-13,15-18,22-27,31,35,38-39,44-45,49-51,59-60H,3-11,14,19-21,28-30,32-34,36-37,40-42H2,1-2H3,(H,62,63)(H,64,65)(H2,53,54,61)/b13-12-,16-15-,18-17-,25-22-,26-23-,27-24-,35-31+/t44-,45-,49-,50-,51-/m1/s1. The molecule has 2 rings (SSSR count). The highest BCUT2D eigenvalue weighted by Gasteiger charge is 2.46. The van der Waals surface area contributed by atoms with Gasteiger partial charge in [0.05, 0.1) is 13.2 Å². The molecule has 410 valence electrons. The number of esters is 2. The zero-order valence-corrected chi connectivity index (χ0v) is 44.4. The number of nitrogen functional groups attached to an aromatic ring is 1. The molecule has 7 atom stereocenters. The third kappa shape index (κ3) is 31.8. The summed E-state index contributed by atoms with van der Waals surface area (Å²) in [6, 6.07) is 1.24. The molecule has 73 heavy (non-hydrogen) atoms. The number of hydrogen-bond acceptors (Lipinski definition) is 16. The lowest BCUT2D eigenvalue weighted by molar-refractivity contribution is -0.161. The normalized spacial score (nSPS) is 19.6. The van der Waals surface area contributed by atoms with Crippen molar-refractivity contribution >= 4 is 39.2 Å². The Balaban J connectivity index is 1.86. The number of nitrogens with two attached hydrogens (primary N) is 1. The van der Waals surface area contributed by atoms with Gasteiger partial charge in [-0.05, 0) is 82.8 Å². The van der Waals surface area contributed by atoms with Crippen molar-refractivity contribution in [2.45, 2.75) is 179 Å². The number of allylic oxidation sites excluding steroid dienone is 14. The minimum Gasteiger partial charge on any atom is -0.462 e. The van der Waals surface area contributed by atoms with Crippen LogP contribution in [0.3, 0.4) is 0 Å². The largest absolute Gasteiger partial charge is 0.481 e. The van der Waals surface area contributed by atoms with Crippen molar-refractivity contribution < 1.29 is 71.1 Å². The van der Waals surface area contributed by atoms with Gasteiger partial charge >= 0.3 is 33.3 Å². The number of carbonyl (C=O) groups is 3. The van der Waals surface area contributed by atoms with Crippen molar-refractivity contribution in [3.05, 3.63) is 108 Å². The van der Waals surface area contributed by atoms with Crippen molar-refractivity contribution in [3.63, 3.8) is 0 Å². The molecule has 0 bridgehead atoms. The second-order valence-corrected chi connectivity index (χ2v) is 20.4. The van der Waals surface area contributed by atoms with Crippen molar-refractivity contribution in [2.24, 2.45) is 0 Å². The molecule has 19 nitrogen and oxygen atoms in total. The molecular weight excluding hydrogens is 985 g/mol. The molecule has 6 N–H and O–H groups in total. The summed E-state index contributed by atoms with van der Waals surface area (Å²) in [5, 5.41) is 20.9. The number of nitrogens with zero attached hydrogens (tertiary/aromatic N) is 2. The lowest BCUT2D eigenvalue weighted by Crippen LogP contribution is -2.36. The molecule has 0 spiro atoms. The quantitative estimate of drug-likeness (QED) is 0.0102.